The lowest BCUT2D eigenvalue weighted by Gasteiger charge is -2.20. The Balaban J connectivity index is 1.40. The molecule has 26 heavy (non-hydrogen) atoms. The summed E-state index contributed by atoms with van der Waals surface area (Å²) in [5.74, 6) is 0.849. The second-order valence-electron chi connectivity index (χ2n) is 6.23. The van der Waals surface area contributed by atoms with Crippen molar-refractivity contribution in [2.45, 2.75) is 19.8 Å². The molecule has 6 nitrogen and oxygen atoms in total. The topological polar surface area (TPSA) is 58.0 Å². The van der Waals surface area contributed by atoms with E-state index in [1.165, 1.54) is 17.1 Å². The second kappa shape index (κ2) is 7.85. The summed E-state index contributed by atoms with van der Waals surface area (Å²) in [5, 5.41) is 12.6. The molecule has 0 amide bonds. The largest absolute Gasteiger partial charge is 0.345 e. The quantitative estimate of drug-likeness (QED) is 0.659. The highest BCUT2D eigenvalue weighted by molar-refractivity contribution is 7.15. The molecule has 0 aliphatic carbocycles. The molecule has 0 bridgehead atoms. The average molecular weight is 407 g/mol. The highest BCUT2D eigenvalue weighted by atomic mass is 35.5. The highest BCUT2D eigenvalue weighted by Crippen LogP contribution is 2.25. The lowest BCUT2D eigenvalue weighted by atomic mass is 10.2. The molecule has 0 radical (unpaired) electrons. The average Bonchev–Trinajstić information content (AvgIpc) is 3.20. The number of aryl methyl sites for hydroxylation is 1. The van der Waals surface area contributed by atoms with E-state index in [0.29, 0.717) is 0 Å². The summed E-state index contributed by atoms with van der Waals surface area (Å²) >= 11 is 9.11. The molecule has 0 spiro atoms. The first-order valence-electron chi connectivity index (χ1n) is 8.54. The number of nitrogens with zero attached hydrogens (tertiary/aromatic N) is 6. The van der Waals surface area contributed by atoms with Crippen molar-refractivity contribution in [3.63, 3.8) is 0 Å². The van der Waals surface area contributed by atoms with Gasteiger partial charge in [0.1, 0.15) is 10.8 Å². The number of hydrogen-bond acceptors (Lipinski definition) is 8. The smallest absolute Gasteiger partial charge is 0.208 e. The molecule has 0 atom stereocenters. The van der Waals surface area contributed by atoms with E-state index in [9.17, 15) is 0 Å². The number of aromatic nitrogens is 4. The van der Waals surface area contributed by atoms with Crippen LogP contribution in [0.4, 0.5) is 10.3 Å². The molecule has 0 N–H and O–H groups in total. The predicted octanol–water partition coefficient (Wildman–Crippen LogP) is 3.66. The van der Waals surface area contributed by atoms with Crippen molar-refractivity contribution >= 4 is 44.7 Å². The molecular formula is C17H19ClN6S2. The van der Waals surface area contributed by atoms with Crippen molar-refractivity contribution in [1.29, 1.82) is 0 Å². The Morgan fingerprint density at radius 3 is 2.42 bits per heavy atom. The minimum atomic E-state index is 0.756. The monoisotopic (exact) mass is 406 g/mol. The van der Waals surface area contributed by atoms with Crippen LogP contribution in [0.25, 0.3) is 0 Å². The van der Waals surface area contributed by atoms with Crippen molar-refractivity contribution in [3.8, 4) is 0 Å². The van der Waals surface area contributed by atoms with E-state index in [-0.39, 0.29) is 0 Å². The fourth-order valence-corrected chi connectivity index (χ4v) is 4.71. The van der Waals surface area contributed by atoms with Crippen LogP contribution in [0.15, 0.2) is 24.3 Å². The third-order valence-electron chi connectivity index (χ3n) is 4.28. The van der Waals surface area contributed by atoms with E-state index in [1.54, 1.807) is 11.3 Å². The van der Waals surface area contributed by atoms with Gasteiger partial charge in [0.05, 0.1) is 0 Å². The lowest BCUT2D eigenvalue weighted by molar-refractivity contribution is 0.797. The van der Waals surface area contributed by atoms with Gasteiger partial charge in [-0.2, -0.15) is 4.37 Å². The van der Waals surface area contributed by atoms with Crippen LogP contribution in [0.2, 0.25) is 5.02 Å². The molecule has 2 aromatic heterocycles. The number of rotatable bonds is 4. The summed E-state index contributed by atoms with van der Waals surface area (Å²) in [6.07, 6.45) is 1.86. The summed E-state index contributed by atoms with van der Waals surface area (Å²) in [5.41, 5.74) is 1.20. The minimum absolute atomic E-state index is 0.756. The zero-order valence-electron chi connectivity index (χ0n) is 14.4. The van der Waals surface area contributed by atoms with Crippen LogP contribution in [0, 0.1) is 6.92 Å². The lowest BCUT2D eigenvalue weighted by Crippen LogP contribution is -2.30. The maximum absolute atomic E-state index is 5.95. The van der Waals surface area contributed by atoms with Gasteiger partial charge in [-0.3, -0.25) is 0 Å². The van der Waals surface area contributed by atoms with Crippen LogP contribution >= 0.6 is 34.5 Å². The molecule has 9 heteroatoms. The maximum Gasteiger partial charge on any atom is 0.208 e. The Hall–Kier alpha value is -1.77. The third-order valence-corrected chi connectivity index (χ3v) is 6.38. The van der Waals surface area contributed by atoms with E-state index in [0.717, 1.165) is 65.1 Å². The molecule has 1 aromatic carbocycles. The Morgan fingerprint density at radius 2 is 1.73 bits per heavy atom. The van der Waals surface area contributed by atoms with Gasteiger partial charge < -0.3 is 9.80 Å². The molecule has 0 unspecified atom stereocenters. The van der Waals surface area contributed by atoms with Gasteiger partial charge >= 0.3 is 0 Å². The van der Waals surface area contributed by atoms with Crippen molar-refractivity contribution < 1.29 is 0 Å². The fourth-order valence-electron chi connectivity index (χ4n) is 2.94. The maximum atomic E-state index is 5.95. The Morgan fingerprint density at radius 1 is 1.00 bits per heavy atom. The first-order valence-corrected chi connectivity index (χ1v) is 10.5. The van der Waals surface area contributed by atoms with Crippen LogP contribution < -0.4 is 9.80 Å². The number of hydrogen-bond donors (Lipinski definition) is 0. The minimum Gasteiger partial charge on any atom is -0.345 e. The zero-order valence-corrected chi connectivity index (χ0v) is 16.8. The molecular weight excluding hydrogens is 388 g/mol. The molecule has 136 valence electrons. The first-order chi connectivity index (χ1) is 12.7. The van der Waals surface area contributed by atoms with Crippen LogP contribution in [-0.4, -0.2) is 45.7 Å². The van der Waals surface area contributed by atoms with E-state index in [1.807, 2.05) is 31.2 Å². The predicted molar refractivity (Wildman–Crippen MR) is 108 cm³/mol. The van der Waals surface area contributed by atoms with Gasteiger partial charge in [0.15, 0.2) is 0 Å². The summed E-state index contributed by atoms with van der Waals surface area (Å²) < 4.78 is 4.29. The SMILES string of the molecule is Cc1nsc(N2CCCN(c3nnc(Cc4ccc(Cl)cc4)s3)CC2)n1. The molecule has 3 aromatic rings. The number of benzene rings is 1. The van der Waals surface area contributed by atoms with Gasteiger partial charge in [0, 0.05) is 49.2 Å². The van der Waals surface area contributed by atoms with Crippen molar-refractivity contribution in [3.05, 3.63) is 45.7 Å². The van der Waals surface area contributed by atoms with Crippen molar-refractivity contribution in [2.75, 3.05) is 36.0 Å². The van der Waals surface area contributed by atoms with Gasteiger partial charge in [0.25, 0.3) is 0 Å². The highest BCUT2D eigenvalue weighted by Gasteiger charge is 2.20. The van der Waals surface area contributed by atoms with Crippen molar-refractivity contribution in [1.82, 2.24) is 19.6 Å². The molecule has 4 rings (SSSR count). The van der Waals surface area contributed by atoms with Crippen molar-refractivity contribution in [2.24, 2.45) is 0 Å². The summed E-state index contributed by atoms with van der Waals surface area (Å²) in [7, 11) is 0. The van der Waals surface area contributed by atoms with E-state index in [2.05, 4.69) is 29.4 Å². The van der Waals surface area contributed by atoms with Gasteiger partial charge in [-0.25, -0.2) is 4.98 Å². The normalized spacial score (nSPS) is 15.3. The van der Waals surface area contributed by atoms with Crippen LogP contribution in [-0.2, 0) is 6.42 Å². The molecule has 1 saturated heterocycles. The molecule has 1 fully saturated rings. The van der Waals surface area contributed by atoms with Gasteiger partial charge in [-0.1, -0.05) is 35.1 Å². The fraction of sp³-hybridized carbons (Fsp3) is 0.412. The van der Waals surface area contributed by atoms with Crippen LogP contribution in [0.5, 0.6) is 0 Å². The van der Waals surface area contributed by atoms with E-state index < -0.39 is 0 Å². The molecule has 3 heterocycles. The summed E-state index contributed by atoms with van der Waals surface area (Å²) in [6.45, 7) is 5.79. The number of halogens is 1. The summed E-state index contributed by atoms with van der Waals surface area (Å²) in [4.78, 5) is 9.16. The molecule has 1 aliphatic heterocycles. The zero-order chi connectivity index (χ0) is 17.9. The standard InChI is InChI=1S/C17H19ClN6S2/c1-12-19-16(26-22-12)23-7-2-8-24(10-9-23)17-21-20-15(25-17)11-13-3-5-14(18)6-4-13/h3-6H,2,7-11H2,1H3. The molecule has 0 saturated carbocycles. The van der Waals surface area contributed by atoms with Gasteiger partial charge in [0.2, 0.25) is 10.3 Å². The first kappa shape index (κ1) is 17.6. The van der Waals surface area contributed by atoms with E-state index in [4.69, 9.17) is 11.6 Å². The third kappa shape index (κ3) is 4.13. The molecule has 1 aliphatic rings. The van der Waals surface area contributed by atoms with Crippen LogP contribution in [0.3, 0.4) is 0 Å². The van der Waals surface area contributed by atoms with Gasteiger partial charge in [-0.05, 0) is 31.0 Å². The summed E-state index contributed by atoms with van der Waals surface area (Å²) in [6, 6.07) is 7.91. The Bertz CT molecular complexity index is 862. The second-order valence-corrected chi connectivity index (χ2v) is 8.44. The Labute approximate surface area is 165 Å². The number of anilines is 2. The van der Waals surface area contributed by atoms with E-state index >= 15 is 0 Å². The van der Waals surface area contributed by atoms with Gasteiger partial charge in [-0.15, -0.1) is 10.2 Å². The van der Waals surface area contributed by atoms with Crippen LogP contribution in [0.1, 0.15) is 22.8 Å². The Kier molecular flexibility index (Phi) is 5.33.